The van der Waals surface area contributed by atoms with E-state index in [1.54, 1.807) is 25.2 Å². The zero-order valence-electron chi connectivity index (χ0n) is 15.9. The molecule has 0 heterocycles. The van der Waals surface area contributed by atoms with Crippen molar-refractivity contribution >= 4 is 40.0 Å². The molecule has 0 aromatic heterocycles. The van der Waals surface area contributed by atoms with Gasteiger partial charge in [-0.3, -0.25) is 4.99 Å². The second kappa shape index (κ2) is 11.3. The largest absolute Gasteiger partial charge is 0.356 e. The second-order valence-corrected chi connectivity index (χ2v) is 7.75. The van der Waals surface area contributed by atoms with Crippen LogP contribution in [0.2, 0.25) is 0 Å². The molecule has 0 radical (unpaired) electrons. The summed E-state index contributed by atoms with van der Waals surface area (Å²) >= 11 is 0. The van der Waals surface area contributed by atoms with E-state index in [1.165, 1.54) is 24.3 Å². The van der Waals surface area contributed by atoms with Crippen molar-refractivity contribution in [3.8, 4) is 0 Å². The van der Waals surface area contributed by atoms with Gasteiger partial charge in [-0.05, 0) is 60.7 Å². The number of nitrogens with zero attached hydrogens (tertiary/aromatic N) is 1. The number of benzene rings is 2. The third kappa shape index (κ3) is 7.72. The molecule has 0 spiro atoms. The lowest BCUT2D eigenvalue weighted by Gasteiger charge is -2.13. The SMILES string of the molecule is CN=C(NCCc1ccc(S(N)(=O)=O)cc1)NCCc1ccc(F)cc1C.I. The number of hydrogen-bond acceptors (Lipinski definition) is 3. The summed E-state index contributed by atoms with van der Waals surface area (Å²) in [5.41, 5.74) is 3.02. The zero-order chi connectivity index (χ0) is 19.9. The zero-order valence-corrected chi connectivity index (χ0v) is 19.1. The molecular weight excluding hydrogens is 494 g/mol. The standard InChI is InChI=1S/C19H25FN4O2S.HI/c1-14-13-17(20)6-5-16(14)10-12-24-19(22-2)23-11-9-15-3-7-18(8-4-15)27(21,25)26;/h3-8,13H,9-12H2,1-2H3,(H2,21,25,26)(H2,22,23,24);1H. The first kappa shape index (κ1) is 24.3. The Labute approximate surface area is 182 Å². The summed E-state index contributed by atoms with van der Waals surface area (Å²) in [4.78, 5) is 4.28. The van der Waals surface area contributed by atoms with E-state index < -0.39 is 10.0 Å². The summed E-state index contributed by atoms with van der Waals surface area (Å²) in [5.74, 6) is 0.453. The van der Waals surface area contributed by atoms with Crippen molar-refractivity contribution in [1.82, 2.24) is 10.6 Å². The quantitative estimate of drug-likeness (QED) is 0.297. The molecule has 9 heteroatoms. The van der Waals surface area contributed by atoms with Crippen molar-refractivity contribution in [2.75, 3.05) is 20.1 Å². The van der Waals surface area contributed by atoms with Crippen molar-refractivity contribution in [3.05, 3.63) is 65.0 Å². The molecule has 154 valence electrons. The Hall–Kier alpha value is -1.72. The average Bonchev–Trinajstić information content (AvgIpc) is 2.61. The summed E-state index contributed by atoms with van der Waals surface area (Å²) in [6.45, 7) is 3.21. The van der Waals surface area contributed by atoms with E-state index in [1.807, 2.05) is 6.92 Å². The molecule has 2 rings (SSSR count). The molecule has 0 aliphatic heterocycles. The maximum atomic E-state index is 13.1. The fraction of sp³-hybridized carbons (Fsp3) is 0.316. The molecule has 2 aromatic rings. The van der Waals surface area contributed by atoms with E-state index in [0.717, 1.165) is 23.1 Å². The lowest BCUT2D eigenvalue weighted by molar-refractivity contribution is 0.597. The van der Waals surface area contributed by atoms with Gasteiger partial charge in [-0.1, -0.05) is 18.2 Å². The number of halogens is 2. The number of nitrogens with one attached hydrogen (secondary N) is 2. The first-order valence-electron chi connectivity index (χ1n) is 8.61. The highest BCUT2D eigenvalue weighted by Crippen LogP contribution is 2.10. The van der Waals surface area contributed by atoms with Gasteiger partial charge >= 0.3 is 0 Å². The van der Waals surface area contributed by atoms with Crippen molar-refractivity contribution in [1.29, 1.82) is 0 Å². The predicted octanol–water partition coefficient (Wildman–Crippen LogP) is 2.35. The van der Waals surface area contributed by atoms with Crippen molar-refractivity contribution < 1.29 is 12.8 Å². The Kier molecular flexibility index (Phi) is 9.83. The van der Waals surface area contributed by atoms with Crippen LogP contribution in [0, 0.1) is 12.7 Å². The normalized spacial score (nSPS) is 11.6. The van der Waals surface area contributed by atoms with Crippen molar-refractivity contribution in [2.24, 2.45) is 10.1 Å². The van der Waals surface area contributed by atoms with Gasteiger partial charge < -0.3 is 10.6 Å². The minimum atomic E-state index is -3.66. The fourth-order valence-corrected chi connectivity index (χ4v) is 3.16. The van der Waals surface area contributed by atoms with Crippen LogP contribution in [0.15, 0.2) is 52.4 Å². The second-order valence-electron chi connectivity index (χ2n) is 6.19. The Morgan fingerprint density at radius 1 is 1.07 bits per heavy atom. The number of guanidine groups is 1. The summed E-state index contributed by atoms with van der Waals surface area (Å²) in [6, 6.07) is 11.3. The lowest BCUT2D eigenvalue weighted by Crippen LogP contribution is -2.39. The van der Waals surface area contributed by atoms with Gasteiger partial charge in [-0.2, -0.15) is 0 Å². The molecule has 0 amide bonds. The van der Waals surface area contributed by atoms with Crippen LogP contribution in [-0.4, -0.2) is 34.5 Å². The van der Waals surface area contributed by atoms with Gasteiger partial charge in [0.1, 0.15) is 5.82 Å². The Morgan fingerprint density at radius 2 is 1.68 bits per heavy atom. The number of rotatable bonds is 7. The van der Waals surface area contributed by atoms with Gasteiger partial charge in [0, 0.05) is 20.1 Å². The molecule has 0 saturated heterocycles. The van der Waals surface area contributed by atoms with Crippen molar-refractivity contribution in [3.63, 3.8) is 0 Å². The molecule has 0 aliphatic carbocycles. The van der Waals surface area contributed by atoms with Crippen molar-refractivity contribution in [2.45, 2.75) is 24.7 Å². The molecule has 0 unspecified atom stereocenters. The maximum Gasteiger partial charge on any atom is 0.238 e. The molecule has 6 nitrogen and oxygen atoms in total. The number of primary sulfonamides is 1. The van der Waals surface area contributed by atoms with Crippen LogP contribution in [0.1, 0.15) is 16.7 Å². The van der Waals surface area contributed by atoms with E-state index in [4.69, 9.17) is 5.14 Å². The Bertz CT molecular complexity index is 903. The van der Waals surface area contributed by atoms with Gasteiger partial charge in [0.05, 0.1) is 4.90 Å². The number of aliphatic imine (C=N–C) groups is 1. The van der Waals surface area contributed by atoms with Gasteiger partial charge in [0.15, 0.2) is 5.96 Å². The Balaban J connectivity index is 0.00000392. The molecule has 28 heavy (non-hydrogen) atoms. The van der Waals surface area contributed by atoms with Crippen LogP contribution in [-0.2, 0) is 22.9 Å². The maximum absolute atomic E-state index is 13.1. The summed E-state index contributed by atoms with van der Waals surface area (Å²) in [5, 5.41) is 11.5. The third-order valence-corrected chi connectivity index (χ3v) is 5.10. The highest BCUT2D eigenvalue weighted by Gasteiger charge is 2.07. The highest BCUT2D eigenvalue weighted by atomic mass is 127. The number of hydrogen-bond donors (Lipinski definition) is 3. The van der Waals surface area contributed by atoms with Crippen LogP contribution < -0.4 is 15.8 Å². The van der Waals surface area contributed by atoms with E-state index in [0.29, 0.717) is 25.5 Å². The highest BCUT2D eigenvalue weighted by molar-refractivity contribution is 14.0. The molecular formula is C19H26FIN4O2S. The monoisotopic (exact) mass is 520 g/mol. The van der Waals surface area contributed by atoms with Crippen LogP contribution in [0.5, 0.6) is 0 Å². The van der Waals surface area contributed by atoms with Gasteiger partial charge in [0.25, 0.3) is 0 Å². The third-order valence-electron chi connectivity index (χ3n) is 4.17. The molecule has 0 fully saturated rings. The first-order chi connectivity index (χ1) is 12.8. The molecule has 2 aromatic carbocycles. The minimum absolute atomic E-state index is 0. The first-order valence-corrected chi connectivity index (χ1v) is 10.2. The van der Waals surface area contributed by atoms with Gasteiger partial charge in [-0.25, -0.2) is 17.9 Å². The number of sulfonamides is 1. The van der Waals surface area contributed by atoms with E-state index in [2.05, 4.69) is 15.6 Å². The van der Waals surface area contributed by atoms with Crippen LogP contribution >= 0.6 is 24.0 Å². The summed E-state index contributed by atoms with van der Waals surface area (Å²) < 4.78 is 35.6. The minimum Gasteiger partial charge on any atom is -0.356 e. The smallest absolute Gasteiger partial charge is 0.238 e. The molecule has 0 bridgehead atoms. The van der Waals surface area contributed by atoms with Gasteiger partial charge in [0.2, 0.25) is 10.0 Å². The van der Waals surface area contributed by atoms with Crippen LogP contribution in [0.4, 0.5) is 4.39 Å². The molecule has 0 saturated carbocycles. The predicted molar refractivity (Wildman–Crippen MR) is 121 cm³/mol. The van der Waals surface area contributed by atoms with E-state index >= 15 is 0 Å². The molecule has 0 aliphatic rings. The van der Waals surface area contributed by atoms with E-state index in [9.17, 15) is 12.8 Å². The Morgan fingerprint density at radius 3 is 2.21 bits per heavy atom. The summed E-state index contributed by atoms with van der Waals surface area (Å²) in [6.07, 6.45) is 1.48. The topological polar surface area (TPSA) is 96.6 Å². The number of nitrogens with two attached hydrogens (primary N) is 1. The van der Waals surface area contributed by atoms with Crippen LogP contribution in [0.25, 0.3) is 0 Å². The lowest BCUT2D eigenvalue weighted by atomic mass is 10.1. The molecule has 0 atom stereocenters. The molecule has 4 N–H and O–H groups in total. The average molecular weight is 520 g/mol. The van der Waals surface area contributed by atoms with E-state index in [-0.39, 0.29) is 34.7 Å². The fourth-order valence-electron chi connectivity index (χ4n) is 2.65. The van der Waals surface area contributed by atoms with Gasteiger partial charge in [-0.15, -0.1) is 24.0 Å². The summed E-state index contributed by atoms with van der Waals surface area (Å²) in [7, 11) is -1.97. The van der Waals surface area contributed by atoms with Crippen LogP contribution in [0.3, 0.4) is 0 Å². The number of aryl methyl sites for hydroxylation is 1.